The van der Waals surface area contributed by atoms with Crippen LogP contribution in [-0.2, 0) is 13.2 Å². The third-order valence-electron chi connectivity index (χ3n) is 3.13. The predicted molar refractivity (Wildman–Crippen MR) is 80.0 cm³/mol. The van der Waals surface area contributed by atoms with E-state index < -0.39 is 6.10 Å². The first-order valence-corrected chi connectivity index (χ1v) is 6.99. The Morgan fingerprint density at radius 1 is 1.00 bits per heavy atom. The van der Waals surface area contributed by atoms with Crippen LogP contribution in [0.25, 0.3) is 0 Å². The third kappa shape index (κ3) is 3.67. The van der Waals surface area contributed by atoms with Gasteiger partial charge in [0.05, 0.1) is 6.54 Å². The Bertz CT molecular complexity index is 700. The zero-order valence-corrected chi connectivity index (χ0v) is 11.9. The minimum absolute atomic E-state index is 0.242. The maximum atomic E-state index is 10.1. The summed E-state index contributed by atoms with van der Waals surface area (Å²) in [5.74, 6) is 1.23. The zero-order chi connectivity index (χ0) is 15.2. The first-order chi connectivity index (χ1) is 10.8. The van der Waals surface area contributed by atoms with Crippen molar-refractivity contribution in [2.45, 2.75) is 19.3 Å². The van der Waals surface area contributed by atoms with Gasteiger partial charge in [-0.05, 0) is 22.9 Å². The fraction of sp³-hybridized carbons (Fsp3) is 0.188. The number of rotatable bonds is 6. The van der Waals surface area contributed by atoms with Crippen molar-refractivity contribution in [2.75, 3.05) is 0 Å². The Labute approximate surface area is 128 Å². The Morgan fingerprint density at radius 3 is 2.41 bits per heavy atom. The number of aromatic nitrogens is 4. The summed E-state index contributed by atoms with van der Waals surface area (Å²) in [6.45, 7) is 0.494. The van der Waals surface area contributed by atoms with Crippen molar-refractivity contribution >= 4 is 0 Å². The van der Waals surface area contributed by atoms with Crippen LogP contribution < -0.4 is 4.74 Å². The summed E-state index contributed by atoms with van der Waals surface area (Å²) in [5, 5.41) is 22.2. The van der Waals surface area contributed by atoms with Gasteiger partial charge in [-0.2, -0.15) is 4.80 Å². The molecule has 0 bridgehead atoms. The summed E-state index contributed by atoms with van der Waals surface area (Å²) in [5.41, 5.74) is 0.821. The highest BCUT2D eigenvalue weighted by Crippen LogP contribution is 2.13. The number of hydrogen-bond donors (Lipinski definition) is 1. The van der Waals surface area contributed by atoms with Crippen molar-refractivity contribution < 1.29 is 9.84 Å². The van der Waals surface area contributed by atoms with Crippen molar-refractivity contribution in [1.82, 2.24) is 20.2 Å². The number of hydrogen-bond acceptors (Lipinski definition) is 5. The van der Waals surface area contributed by atoms with Crippen LogP contribution in [0, 0.1) is 0 Å². The second-order valence-corrected chi connectivity index (χ2v) is 4.79. The summed E-state index contributed by atoms with van der Waals surface area (Å²) >= 11 is 0. The van der Waals surface area contributed by atoms with Crippen molar-refractivity contribution in [2.24, 2.45) is 0 Å². The van der Waals surface area contributed by atoms with E-state index in [9.17, 15) is 5.11 Å². The molecule has 1 heterocycles. The van der Waals surface area contributed by atoms with E-state index in [1.54, 1.807) is 0 Å². The smallest absolute Gasteiger partial charge is 0.212 e. The van der Waals surface area contributed by atoms with Crippen LogP contribution in [0.1, 0.15) is 17.5 Å². The molecule has 0 saturated heterocycles. The molecule has 112 valence electrons. The van der Waals surface area contributed by atoms with Gasteiger partial charge < -0.3 is 9.84 Å². The molecule has 3 aromatic rings. The molecule has 0 saturated carbocycles. The molecular weight excluding hydrogens is 280 g/mol. The molecule has 3 rings (SSSR count). The Kier molecular flexibility index (Phi) is 4.41. The van der Waals surface area contributed by atoms with Gasteiger partial charge in [0.2, 0.25) is 5.82 Å². The lowest BCUT2D eigenvalue weighted by Crippen LogP contribution is -2.11. The topological polar surface area (TPSA) is 73.1 Å². The second-order valence-electron chi connectivity index (χ2n) is 4.79. The molecule has 2 aromatic carbocycles. The molecule has 0 aliphatic heterocycles. The summed E-state index contributed by atoms with van der Waals surface area (Å²) in [6.07, 6.45) is -0.668. The molecule has 0 fully saturated rings. The molecule has 6 nitrogen and oxygen atoms in total. The number of para-hydroxylation sites is 1. The predicted octanol–water partition coefficient (Wildman–Crippen LogP) is 1.99. The number of aliphatic hydroxyl groups excluding tert-OH is 1. The molecule has 0 aliphatic carbocycles. The molecule has 1 atom stereocenters. The van der Waals surface area contributed by atoms with E-state index in [0.717, 1.165) is 11.3 Å². The monoisotopic (exact) mass is 296 g/mol. The number of ether oxygens (including phenoxy) is 1. The minimum Gasteiger partial charge on any atom is -0.485 e. The lowest BCUT2D eigenvalue weighted by molar-refractivity contribution is 0.144. The van der Waals surface area contributed by atoms with Crippen molar-refractivity contribution in [3.63, 3.8) is 0 Å². The molecule has 0 aliphatic rings. The highest BCUT2D eigenvalue weighted by molar-refractivity contribution is 5.21. The molecule has 0 amide bonds. The average Bonchev–Trinajstić information content (AvgIpc) is 3.02. The molecule has 0 spiro atoms. The van der Waals surface area contributed by atoms with Crippen molar-refractivity contribution in [1.29, 1.82) is 0 Å². The van der Waals surface area contributed by atoms with Crippen LogP contribution in [0.3, 0.4) is 0 Å². The average molecular weight is 296 g/mol. The minimum atomic E-state index is -0.668. The second kappa shape index (κ2) is 6.82. The van der Waals surface area contributed by atoms with Gasteiger partial charge in [-0.15, -0.1) is 10.2 Å². The van der Waals surface area contributed by atoms with E-state index >= 15 is 0 Å². The van der Waals surface area contributed by atoms with Gasteiger partial charge in [0.25, 0.3) is 0 Å². The molecule has 1 aromatic heterocycles. The number of benzene rings is 2. The Morgan fingerprint density at radius 2 is 1.68 bits per heavy atom. The van der Waals surface area contributed by atoms with E-state index in [4.69, 9.17) is 4.74 Å². The first kappa shape index (κ1) is 14.2. The zero-order valence-electron chi connectivity index (χ0n) is 11.9. The number of nitrogens with zero attached hydrogens (tertiary/aromatic N) is 4. The van der Waals surface area contributed by atoms with Crippen LogP contribution in [0.2, 0.25) is 0 Å². The van der Waals surface area contributed by atoms with E-state index in [1.807, 2.05) is 60.7 Å². The van der Waals surface area contributed by atoms with Crippen LogP contribution in [-0.4, -0.2) is 25.3 Å². The van der Waals surface area contributed by atoms with Crippen molar-refractivity contribution in [3.05, 3.63) is 72.1 Å². The van der Waals surface area contributed by atoms with Gasteiger partial charge in [-0.3, -0.25) is 0 Å². The van der Waals surface area contributed by atoms with Crippen LogP contribution in [0.5, 0.6) is 5.75 Å². The maximum Gasteiger partial charge on any atom is 0.212 e. The molecular formula is C16H16N4O2. The summed E-state index contributed by atoms with van der Waals surface area (Å²) in [4.78, 5) is 1.38. The van der Waals surface area contributed by atoms with E-state index in [-0.39, 0.29) is 13.2 Å². The quantitative estimate of drug-likeness (QED) is 0.753. The van der Waals surface area contributed by atoms with Gasteiger partial charge in [0.15, 0.2) is 6.61 Å². The molecule has 1 N–H and O–H groups in total. The van der Waals surface area contributed by atoms with Crippen LogP contribution in [0.4, 0.5) is 0 Å². The lowest BCUT2D eigenvalue weighted by Gasteiger charge is -2.09. The standard InChI is InChI=1S/C16H16N4O2/c21-15(13-7-3-1-4-8-13)11-20-18-16(17-19-20)12-22-14-9-5-2-6-10-14/h1-10,15,21H,11-12H2. The Balaban J connectivity index is 1.57. The van der Waals surface area contributed by atoms with Crippen LogP contribution >= 0.6 is 0 Å². The van der Waals surface area contributed by atoms with Gasteiger partial charge >= 0.3 is 0 Å². The third-order valence-corrected chi connectivity index (χ3v) is 3.13. The van der Waals surface area contributed by atoms with Gasteiger partial charge in [0.1, 0.15) is 11.9 Å². The fourth-order valence-electron chi connectivity index (χ4n) is 2.01. The van der Waals surface area contributed by atoms with Gasteiger partial charge in [-0.1, -0.05) is 48.5 Å². The van der Waals surface area contributed by atoms with E-state index in [2.05, 4.69) is 15.4 Å². The van der Waals surface area contributed by atoms with Gasteiger partial charge in [-0.25, -0.2) is 0 Å². The molecule has 6 heteroatoms. The van der Waals surface area contributed by atoms with Crippen LogP contribution in [0.15, 0.2) is 60.7 Å². The largest absolute Gasteiger partial charge is 0.485 e. The molecule has 1 unspecified atom stereocenters. The SMILES string of the molecule is OC(Cn1nnc(COc2ccccc2)n1)c1ccccc1. The lowest BCUT2D eigenvalue weighted by atomic mass is 10.1. The van der Waals surface area contributed by atoms with Crippen molar-refractivity contribution in [3.8, 4) is 5.75 Å². The van der Waals surface area contributed by atoms with Gasteiger partial charge in [0, 0.05) is 0 Å². The van der Waals surface area contributed by atoms with E-state index in [1.165, 1.54) is 4.80 Å². The number of tetrazole rings is 1. The summed E-state index contributed by atoms with van der Waals surface area (Å²) < 4.78 is 5.55. The fourth-order valence-corrected chi connectivity index (χ4v) is 2.01. The Hall–Kier alpha value is -2.73. The number of aliphatic hydroxyl groups is 1. The molecule has 0 radical (unpaired) electrons. The molecule has 22 heavy (non-hydrogen) atoms. The normalized spacial score (nSPS) is 12.0. The first-order valence-electron chi connectivity index (χ1n) is 6.99. The summed E-state index contributed by atoms with van der Waals surface area (Å²) in [6, 6.07) is 18.8. The highest BCUT2D eigenvalue weighted by Gasteiger charge is 2.11. The highest BCUT2D eigenvalue weighted by atomic mass is 16.5. The summed E-state index contributed by atoms with van der Waals surface area (Å²) in [7, 11) is 0. The van der Waals surface area contributed by atoms with E-state index in [0.29, 0.717) is 5.82 Å². The maximum absolute atomic E-state index is 10.1.